The highest BCUT2D eigenvalue weighted by molar-refractivity contribution is 5.87. The average Bonchev–Trinajstić information content (AvgIpc) is 3.35. The average molecular weight is 476 g/mol. The minimum Gasteiger partial charge on any atom is -0.493 e. The van der Waals surface area contributed by atoms with E-state index in [2.05, 4.69) is 28.4 Å². The standard InChI is InChI=1S/C29H37N3O3/c30-26(31-27(33)29(34,23-8-4-5-9-23)22-6-2-1-3-7-22)28-17-24(28)18-32(19-28)14-12-20-10-11-25-21(16-20)13-15-35-25/h1-3,6-7,10-11,16,23-24,26,34H,4-5,8-9,12-15,17-19,30H2,(H,31,33). The molecule has 4 N–H and O–H groups in total. The lowest BCUT2D eigenvalue weighted by Crippen LogP contribution is -2.57. The van der Waals surface area contributed by atoms with E-state index < -0.39 is 11.8 Å². The molecular weight excluding hydrogens is 438 g/mol. The number of carbonyl (C=O) groups excluding carboxylic acids is 1. The van der Waals surface area contributed by atoms with Crippen LogP contribution < -0.4 is 15.8 Å². The Morgan fingerprint density at radius 3 is 2.83 bits per heavy atom. The third kappa shape index (κ3) is 4.05. The van der Waals surface area contributed by atoms with E-state index in [1.807, 2.05) is 30.3 Å². The topological polar surface area (TPSA) is 87.8 Å². The van der Waals surface area contributed by atoms with Crippen molar-refractivity contribution < 1.29 is 14.6 Å². The Morgan fingerprint density at radius 1 is 1.23 bits per heavy atom. The Morgan fingerprint density at radius 2 is 2.03 bits per heavy atom. The van der Waals surface area contributed by atoms with E-state index in [4.69, 9.17) is 10.5 Å². The number of rotatable bonds is 8. The van der Waals surface area contributed by atoms with E-state index in [0.29, 0.717) is 11.5 Å². The number of aliphatic hydroxyl groups is 1. The highest BCUT2D eigenvalue weighted by Crippen LogP contribution is 2.59. The maximum atomic E-state index is 13.6. The minimum absolute atomic E-state index is 0.0672. The van der Waals surface area contributed by atoms with E-state index in [9.17, 15) is 9.90 Å². The molecule has 6 rings (SSSR count). The fraction of sp³-hybridized carbons (Fsp3) is 0.552. The van der Waals surface area contributed by atoms with Crippen LogP contribution in [-0.2, 0) is 23.2 Å². The van der Waals surface area contributed by atoms with Gasteiger partial charge < -0.3 is 25.8 Å². The molecule has 4 aliphatic rings. The number of piperidine rings is 1. The lowest BCUT2D eigenvalue weighted by molar-refractivity contribution is -0.148. The van der Waals surface area contributed by atoms with Crippen LogP contribution in [0, 0.1) is 17.3 Å². The lowest BCUT2D eigenvalue weighted by Gasteiger charge is -2.35. The van der Waals surface area contributed by atoms with Gasteiger partial charge in [-0.15, -0.1) is 0 Å². The van der Waals surface area contributed by atoms with Gasteiger partial charge in [0.05, 0.1) is 12.8 Å². The number of carbonyl (C=O) groups is 1. The second kappa shape index (κ2) is 8.91. The second-order valence-electron chi connectivity index (χ2n) is 11.2. The lowest BCUT2D eigenvalue weighted by atomic mass is 9.79. The molecule has 2 aromatic carbocycles. The number of fused-ring (bicyclic) bond motifs is 2. The first-order valence-electron chi connectivity index (χ1n) is 13.3. The largest absolute Gasteiger partial charge is 0.493 e. The molecule has 0 radical (unpaired) electrons. The van der Waals surface area contributed by atoms with E-state index >= 15 is 0 Å². The Hall–Kier alpha value is -2.41. The van der Waals surface area contributed by atoms with Crippen molar-refractivity contribution in [1.82, 2.24) is 10.2 Å². The third-order valence-corrected chi connectivity index (χ3v) is 9.16. The predicted molar refractivity (Wildman–Crippen MR) is 135 cm³/mol. The van der Waals surface area contributed by atoms with Gasteiger partial charge in [0.1, 0.15) is 5.75 Å². The Kier molecular flexibility index (Phi) is 5.86. The highest BCUT2D eigenvalue weighted by atomic mass is 16.5. The van der Waals surface area contributed by atoms with Crippen LogP contribution in [0.25, 0.3) is 0 Å². The van der Waals surface area contributed by atoms with Crippen LogP contribution in [0.2, 0.25) is 0 Å². The van der Waals surface area contributed by atoms with Crippen LogP contribution in [0.15, 0.2) is 48.5 Å². The van der Waals surface area contributed by atoms with Gasteiger partial charge >= 0.3 is 0 Å². The molecule has 6 heteroatoms. The van der Waals surface area contributed by atoms with E-state index in [-0.39, 0.29) is 17.2 Å². The van der Waals surface area contributed by atoms with Crippen molar-refractivity contribution in [3.8, 4) is 5.75 Å². The molecule has 2 aliphatic carbocycles. The summed E-state index contributed by atoms with van der Waals surface area (Å²) in [4.78, 5) is 16.1. The van der Waals surface area contributed by atoms with Crippen LogP contribution in [0.5, 0.6) is 5.75 Å². The van der Waals surface area contributed by atoms with Gasteiger partial charge in [-0.1, -0.05) is 55.3 Å². The number of hydrogen-bond donors (Lipinski definition) is 3. The fourth-order valence-electron chi connectivity index (χ4n) is 6.95. The molecule has 0 spiro atoms. The molecule has 2 heterocycles. The van der Waals surface area contributed by atoms with Gasteiger partial charge in [-0.3, -0.25) is 4.79 Å². The molecule has 1 saturated heterocycles. The summed E-state index contributed by atoms with van der Waals surface area (Å²) in [5.41, 5.74) is 8.43. The molecule has 2 saturated carbocycles. The van der Waals surface area contributed by atoms with Crippen molar-refractivity contribution in [2.75, 3.05) is 26.2 Å². The number of likely N-dealkylation sites (tertiary alicyclic amines) is 1. The molecule has 6 nitrogen and oxygen atoms in total. The monoisotopic (exact) mass is 475 g/mol. The fourth-order valence-corrected chi connectivity index (χ4v) is 6.95. The molecule has 186 valence electrons. The number of nitrogens with two attached hydrogens (primary N) is 1. The summed E-state index contributed by atoms with van der Waals surface area (Å²) >= 11 is 0. The number of ether oxygens (including phenoxy) is 1. The van der Waals surface area contributed by atoms with E-state index in [1.165, 1.54) is 11.1 Å². The summed E-state index contributed by atoms with van der Waals surface area (Å²) < 4.78 is 5.63. The van der Waals surface area contributed by atoms with Crippen LogP contribution in [-0.4, -0.2) is 48.3 Å². The zero-order valence-corrected chi connectivity index (χ0v) is 20.4. The molecule has 0 aromatic heterocycles. The summed E-state index contributed by atoms with van der Waals surface area (Å²) in [5, 5.41) is 14.9. The second-order valence-corrected chi connectivity index (χ2v) is 11.2. The number of benzene rings is 2. The van der Waals surface area contributed by atoms with Crippen molar-refractivity contribution in [2.24, 2.45) is 23.0 Å². The number of hydrogen-bond acceptors (Lipinski definition) is 5. The van der Waals surface area contributed by atoms with E-state index in [0.717, 1.165) is 76.9 Å². The van der Waals surface area contributed by atoms with Crippen LogP contribution >= 0.6 is 0 Å². The van der Waals surface area contributed by atoms with Crippen molar-refractivity contribution in [3.05, 3.63) is 65.2 Å². The molecule has 2 aromatic rings. The van der Waals surface area contributed by atoms with Gasteiger partial charge in [0.25, 0.3) is 5.91 Å². The number of nitrogens with zero attached hydrogens (tertiary/aromatic N) is 1. The molecule has 4 unspecified atom stereocenters. The van der Waals surface area contributed by atoms with Crippen molar-refractivity contribution in [2.45, 2.75) is 56.7 Å². The summed E-state index contributed by atoms with van der Waals surface area (Å²) in [7, 11) is 0. The first kappa shape index (κ1) is 23.0. The van der Waals surface area contributed by atoms with Gasteiger partial charge in [-0.05, 0) is 54.4 Å². The minimum atomic E-state index is -1.52. The van der Waals surface area contributed by atoms with Crippen molar-refractivity contribution in [3.63, 3.8) is 0 Å². The molecular formula is C29H37N3O3. The van der Waals surface area contributed by atoms with Gasteiger partial charge in [0, 0.05) is 37.4 Å². The molecule has 2 aliphatic heterocycles. The van der Waals surface area contributed by atoms with Crippen LogP contribution in [0.3, 0.4) is 0 Å². The normalized spacial score (nSPS) is 28.1. The van der Waals surface area contributed by atoms with Gasteiger partial charge in [-0.25, -0.2) is 0 Å². The van der Waals surface area contributed by atoms with Gasteiger partial charge in [-0.2, -0.15) is 0 Å². The molecule has 1 amide bonds. The summed E-state index contributed by atoms with van der Waals surface area (Å²) in [6, 6.07) is 16.0. The maximum Gasteiger partial charge on any atom is 0.258 e. The van der Waals surface area contributed by atoms with Crippen molar-refractivity contribution >= 4 is 5.91 Å². The van der Waals surface area contributed by atoms with Gasteiger partial charge in [0.2, 0.25) is 0 Å². The summed E-state index contributed by atoms with van der Waals surface area (Å²) in [6.07, 6.45) is 6.45. The third-order valence-electron chi connectivity index (χ3n) is 9.16. The first-order valence-corrected chi connectivity index (χ1v) is 13.3. The smallest absolute Gasteiger partial charge is 0.258 e. The maximum absolute atomic E-state index is 13.6. The van der Waals surface area contributed by atoms with E-state index in [1.54, 1.807) is 0 Å². The zero-order valence-electron chi connectivity index (χ0n) is 20.4. The molecule has 4 atom stereocenters. The van der Waals surface area contributed by atoms with Gasteiger partial charge in [0.15, 0.2) is 5.60 Å². The van der Waals surface area contributed by atoms with Crippen LogP contribution in [0.4, 0.5) is 0 Å². The summed E-state index contributed by atoms with van der Waals surface area (Å²) in [6.45, 7) is 3.72. The zero-order chi connectivity index (χ0) is 24.0. The van der Waals surface area contributed by atoms with Crippen LogP contribution in [0.1, 0.15) is 48.8 Å². The Balaban J connectivity index is 1.10. The summed E-state index contributed by atoms with van der Waals surface area (Å²) in [5.74, 6) is 1.15. The Labute approximate surface area is 207 Å². The number of amides is 1. The molecule has 3 fully saturated rings. The number of nitrogens with one attached hydrogen (secondary N) is 1. The molecule has 35 heavy (non-hydrogen) atoms. The highest BCUT2D eigenvalue weighted by Gasteiger charge is 2.63. The predicted octanol–water partition coefficient (Wildman–Crippen LogP) is 2.96. The Bertz CT molecular complexity index is 1090. The van der Waals surface area contributed by atoms with Crippen molar-refractivity contribution in [1.29, 1.82) is 0 Å². The quantitative estimate of drug-likeness (QED) is 0.511. The first-order chi connectivity index (χ1) is 17.0. The molecule has 0 bridgehead atoms. The SMILES string of the molecule is NC(NC(=O)C(O)(c1ccccc1)C1CCCC1)C12CC1CN(CCc1ccc3c(c1)CCO3)C2.